The van der Waals surface area contributed by atoms with Crippen LogP contribution in [0.25, 0.3) is 65.9 Å². The Morgan fingerprint density at radius 1 is 0.444 bits per heavy atom. The minimum Gasteiger partial charge on any atom is -0.307 e. The second-order valence-electron chi connectivity index (χ2n) is 9.25. The van der Waals surface area contributed by atoms with E-state index in [-0.39, 0.29) is 0 Å². The van der Waals surface area contributed by atoms with Gasteiger partial charge in [-0.15, -0.1) is 0 Å². The first-order valence-corrected chi connectivity index (χ1v) is 12.2. The zero-order valence-corrected chi connectivity index (χ0v) is 19.5. The maximum atomic E-state index is 4.82. The van der Waals surface area contributed by atoms with E-state index in [2.05, 4.69) is 124 Å². The summed E-state index contributed by atoms with van der Waals surface area (Å²) < 4.78 is 4.76. The summed E-state index contributed by atoms with van der Waals surface area (Å²) in [6.07, 6.45) is 1.88. The number of hydrogen-bond acceptors (Lipinski definition) is 1. The number of benzene rings is 5. The van der Waals surface area contributed by atoms with E-state index in [4.69, 9.17) is 4.98 Å². The van der Waals surface area contributed by atoms with Crippen LogP contribution in [0.1, 0.15) is 0 Å². The second kappa shape index (κ2) is 7.30. The van der Waals surface area contributed by atoms with Crippen molar-refractivity contribution in [2.45, 2.75) is 0 Å². The van der Waals surface area contributed by atoms with Crippen LogP contribution in [-0.2, 0) is 0 Å². The lowest BCUT2D eigenvalue weighted by molar-refractivity contribution is 1.08. The van der Waals surface area contributed by atoms with Gasteiger partial charge in [0.1, 0.15) is 5.82 Å². The predicted molar refractivity (Wildman–Crippen MR) is 150 cm³/mol. The Morgan fingerprint density at radius 2 is 1.17 bits per heavy atom. The van der Waals surface area contributed by atoms with Gasteiger partial charge in [-0.25, -0.2) is 4.98 Å². The summed E-state index contributed by atoms with van der Waals surface area (Å²) >= 11 is 0. The average Bonchev–Trinajstić information content (AvgIpc) is 3.47. The maximum absolute atomic E-state index is 4.82. The number of nitrogens with zero attached hydrogens (tertiary/aromatic N) is 3. The molecule has 3 nitrogen and oxygen atoms in total. The molecule has 0 saturated carbocycles. The minimum atomic E-state index is 0.921. The van der Waals surface area contributed by atoms with Gasteiger partial charge in [-0.3, -0.25) is 4.57 Å². The molecular formula is C33H21N3. The van der Waals surface area contributed by atoms with Gasteiger partial charge in [0.2, 0.25) is 0 Å². The highest BCUT2D eigenvalue weighted by Gasteiger charge is 2.22. The third-order valence-electron chi connectivity index (χ3n) is 7.34. The van der Waals surface area contributed by atoms with Gasteiger partial charge >= 0.3 is 0 Å². The van der Waals surface area contributed by atoms with E-state index in [1.54, 1.807) is 0 Å². The first-order valence-electron chi connectivity index (χ1n) is 12.2. The summed E-state index contributed by atoms with van der Waals surface area (Å²) in [5.41, 5.74) is 5.90. The Kier molecular flexibility index (Phi) is 3.94. The van der Waals surface area contributed by atoms with Crippen molar-refractivity contribution < 1.29 is 0 Å². The van der Waals surface area contributed by atoms with Crippen molar-refractivity contribution in [1.29, 1.82) is 0 Å². The minimum absolute atomic E-state index is 0.921. The molecule has 0 bridgehead atoms. The van der Waals surface area contributed by atoms with Gasteiger partial charge in [-0.1, -0.05) is 84.9 Å². The van der Waals surface area contributed by atoms with Gasteiger partial charge in [-0.05, 0) is 47.2 Å². The lowest BCUT2D eigenvalue weighted by atomic mass is 10.0. The van der Waals surface area contributed by atoms with Gasteiger partial charge in [0.15, 0.2) is 0 Å². The number of rotatable bonds is 2. The second-order valence-corrected chi connectivity index (χ2v) is 9.25. The Labute approximate surface area is 207 Å². The van der Waals surface area contributed by atoms with E-state index < -0.39 is 0 Å². The van der Waals surface area contributed by atoms with Gasteiger partial charge < -0.3 is 4.57 Å². The van der Waals surface area contributed by atoms with Crippen LogP contribution in [0.15, 0.2) is 128 Å². The van der Waals surface area contributed by atoms with E-state index in [0.717, 1.165) is 11.5 Å². The smallest absolute Gasteiger partial charge is 0.137 e. The summed E-state index contributed by atoms with van der Waals surface area (Å²) in [6.45, 7) is 0. The van der Waals surface area contributed by atoms with Crippen LogP contribution in [-0.4, -0.2) is 14.1 Å². The Morgan fingerprint density at radius 3 is 2.03 bits per heavy atom. The highest BCUT2D eigenvalue weighted by atomic mass is 15.1. The van der Waals surface area contributed by atoms with Crippen LogP contribution in [0, 0.1) is 0 Å². The molecule has 3 aromatic heterocycles. The number of para-hydroxylation sites is 2. The van der Waals surface area contributed by atoms with Crippen LogP contribution in [0.4, 0.5) is 0 Å². The van der Waals surface area contributed by atoms with Crippen molar-refractivity contribution in [2.75, 3.05) is 0 Å². The largest absolute Gasteiger partial charge is 0.307 e. The molecule has 0 amide bonds. The first kappa shape index (κ1) is 19.4. The molecule has 0 N–H and O–H groups in total. The van der Waals surface area contributed by atoms with Gasteiger partial charge in [0.25, 0.3) is 0 Å². The van der Waals surface area contributed by atoms with E-state index in [1.165, 1.54) is 54.4 Å². The quantitative estimate of drug-likeness (QED) is 0.254. The van der Waals surface area contributed by atoms with Crippen molar-refractivity contribution in [3.05, 3.63) is 128 Å². The van der Waals surface area contributed by atoms with E-state index >= 15 is 0 Å². The highest BCUT2D eigenvalue weighted by molar-refractivity contribution is 6.28. The maximum Gasteiger partial charge on any atom is 0.137 e. The molecule has 8 aromatic rings. The van der Waals surface area contributed by atoms with Crippen molar-refractivity contribution in [1.82, 2.24) is 14.1 Å². The molecule has 0 fully saturated rings. The number of aromatic nitrogens is 3. The molecule has 0 aliphatic rings. The molecule has 36 heavy (non-hydrogen) atoms. The molecule has 8 rings (SSSR count). The van der Waals surface area contributed by atoms with Crippen LogP contribution in [0.3, 0.4) is 0 Å². The highest BCUT2D eigenvalue weighted by Crippen LogP contribution is 2.43. The lowest BCUT2D eigenvalue weighted by Crippen LogP contribution is -1.99. The molecule has 168 valence electrons. The summed E-state index contributed by atoms with van der Waals surface area (Å²) in [5, 5.41) is 7.50. The first-order chi connectivity index (χ1) is 17.9. The number of hydrogen-bond donors (Lipinski definition) is 0. The molecule has 5 aromatic carbocycles. The fourth-order valence-electron chi connectivity index (χ4n) is 5.89. The summed E-state index contributed by atoms with van der Waals surface area (Å²) in [6, 6.07) is 43.2. The van der Waals surface area contributed by atoms with E-state index in [9.17, 15) is 0 Å². The zero-order valence-electron chi connectivity index (χ0n) is 19.5. The normalized spacial score (nSPS) is 11.9. The van der Waals surface area contributed by atoms with Crippen LogP contribution >= 0.6 is 0 Å². The molecule has 0 aliphatic carbocycles. The standard InChI is InChI=1S/C33H21N3/c1-2-11-23(12-3-1)35-28-15-7-6-14-25(28)26-18-19-27-31-24-13-5-4-10-22(24)17-20-29(31)36(33(27)32(26)35)30-16-8-9-21-34-30/h1-21H. The Bertz CT molecular complexity index is 2080. The van der Waals surface area contributed by atoms with Gasteiger partial charge in [-0.2, -0.15) is 0 Å². The molecule has 0 saturated heterocycles. The molecule has 0 atom stereocenters. The summed E-state index contributed by atoms with van der Waals surface area (Å²) in [7, 11) is 0. The SMILES string of the molecule is c1ccc(-n2c3ccccc3c3ccc4c5c6ccccc6ccc5n(-c5ccccn5)c4c32)cc1. The average molecular weight is 460 g/mol. The molecule has 0 aliphatic heterocycles. The van der Waals surface area contributed by atoms with Crippen molar-refractivity contribution in [3.8, 4) is 11.5 Å². The van der Waals surface area contributed by atoms with Crippen LogP contribution in [0.5, 0.6) is 0 Å². The number of fused-ring (bicyclic) bond motifs is 9. The molecule has 3 heterocycles. The zero-order chi connectivity index (χ0) is 23.6. The third kappa shape index (κ3) is 2.54. The predicted octanol–water partition coefficient (Wildman–Crippen LogP) is 8.43. The topological polar surface area (TPSA) is 22.8 Å². The van der Waals surface area contributed by atoms with Gasteiger partial charge in [0, 0.05) is 33.4 Å². The van der Waals surface area contributed by atoms with Crippen LogP contribution in [0.2, 0.25) is 0 Å². The summed E-state index contributed by atoms with van der Waals surface area (Å²) in [5.74, 6) is 0.921. The van der Waals surface area contributed by atoms with Crippen LogP contribution < -0.4 is 0 Å². The van der Waals surface area contributed by atoms with E-state index in [1.807, 2.05) is 12.3 Å². The lowest BCUT2D eigenvalue weighted by Gasteiger charge is -2.11. The van der Waals surface area contributed by atoms with Gasteiger partial charge in [0.05, 0.1) is 22.1 Å². The number of pyridine rings is 1. The monoisotopic (exact) mass is 459 g/mol. The fraction of sp³-hybridized carbons (Fsp3) is 0. The molecule has 0 unspecified atom stereocenters. The summed E-state index contributed by atoms with van der Waals surface area (Å²) in [4.78, 5) is 4.82. The van der Waals surface area contributed by atoms with Crippen molar-refractivity contribution >= 4 is 54.4 Å². The molecule has 0 spiro atoms. The van der Waals surface area contributed by atoms with E-state index in [0.29, 0.717) is 0 Å². The Balaban J connectivity index is 1.71. The fourth-order valence-corrected chi connectivity index (χ4v) is 5.89. The third-order valence-corrected chi connectivity index (χ3v) is 7.34. The van der Waals surface area contributed by atoms with Crippen molar-refractivity contribution in [2.24, 2.45) is 0 Å². The Hall–Kier alpha value is -4.89. The molecule has 3 heteroatoms. The molecular weight excluding hydrogens is 438 g/mol. The van der Waals surface area contributed by atoms with Crippen molar-refractivity contribution in [3.63, 3.8) is 0 Å². The molecule has 0 radical (unpaired) electrons.